The molecule has 164 valence electrons. The number of anilines is 1. The van der Waals surface area contributed by atoms with Gasteiger partial charge in [-0.2, -0.15) is 0 Å². The van der Waals surface area contributed by atoms with E-state index in [1.54, 1.807) is 48.5 Å². The Morgan fingerprint density at radius 3 is 2.55 bits per heavy atom. The van der Waals surface area contributed by atoms with Crippen LogP contribution in [0.2, 0.25) is 5.02 Å². The van der Waals surface area contributed by atoms with E-state index >= 15 is 0 Å². The average molecular weight is 460 g/mol. The Labute approximate surface area is 193 Å². The van der Waals surface area contributed by atoms with Crippen LogP contribution in [0, 0.1) is 6.92 Å². The molecule has 1 atom stereocenters. The maximum atomic E-state index is 13.6. The molecule has 6 nitrogen and oxygen atoms in total. The molecule has 1 aliphatic rings. The summed E-state index contributed by atoms with van der Waals surface area (Å²) >= 11 is 6.05. The number of rotatable bonds is 4. The predicted octanol–water partition coefficient (Wildman–Crippen LogP) is 5.88. The highest BCUT2D eigenvalue weighted by Crippen LogP contribution is 2.44. The number of aliphatic hydroxyl groups is 1. The Bertz CT molecular complexity index is 1470. The molecule has 2 heterocycles. The van der Waals surface area contributed by atoms with Gasteiger partial charge in [-0.3, -0.25) is 14.5 Å². The van der Waals surface area contributed by atoms with E-state index in [1.807, 2.05) is 19.1 Å². The zero-order valence-corrected chi connectivity index (χ0v) is 18.2. The Morgan fingerprint density at radius 2 is 1.79 bits per heavy atom. The molecule has 0 saturated carbocycles. The monoisotopic (exact) mass is 459 g/mol. The number of furan rings is 1. The van der Waals surface area contributed by atoms with E-state index in [4.69, 9.17) is 16.0 Å². The molecule has 7 heteroatoms. The van der Waals surface area contributed by atoms with Crippen LogP contribution in [0.15, 0.2) is 88.5 Å². The second kappa shape index (κ2) is 7.83. The number of benzene rings is 3. The molecule has 3 aromatic carbocycles. The van der Waals surface area contributed by atoms with E-state index in [1.165, 1.54) is 17.0 Å². The van der Waals surface area contributed by atoms with Gasteiger partial charge in [0.1, 0.15) is 11.3 Å². The lowest BCUT2D eigenvalue weighted by Crippen LogP contribution is -2.31. The van der Waals surface area contributed by atoms with E-state index in [2.05, 4.69) is 0 Å². The number of para-hydroxylation sites is 2. The highest BCUT2D eigenvalue weighted by Gasteiger charge is 2.46. The van der Waals surface area contributed by atoms with Gasteiger partial charge in [-0.25, -0.2) is 0 Å². The number of Topliss-reactive ketones (excluding diaryl/α,β-unsaturated/α-hetero) is 1. The summed E-state index contributed by atoms with van der Waals surface area (Å²) in [6.45, 7) is 1.89. The number of fused-ring (bicyclic) bond motifs is 1. The average Bonchev–Trinajstić information content (AvgIpc) is 3.32. The molecule has 0 saturated heterocycles. The van der Waals surface area contributed by atoms with E-state index < -0.39 is 23.5 Å². The molecule has 2 N–H and O–H groups in total. The second-order valence-electron chi connectivity index (χ2n) is 7.86. The van der Waals surface area contributed by atoms with E-state index in [0.717, 1.165) is 5.56 Å². The van der Waals surface area contributed by atoms with Gasteiger partial charge in [0.2, 0.25) is 5.78 Å². The molecule has 1 aliphatic heterocycles. The molecule has 0 bridgehead atoms. The fourth-order valence-corrected chi connectivity index (χ4v) is 4.35. The Kier molecular flexibility index (Phi) is 4.95. The number of hydrogen-bond donors (Lipinski definition) is 2. The van der Waals surface area contributed by atoms with E-state index in [0.29, 0.717) is 21.6 Å². The maximum absolute atomic E-state index is 13.6. The molecule has 1 amide bonds. The van der Waals surface area contributed by atoms with Gasteiger partial charge in [0.25, 0.3) is 5.91 Å². The number of aromatic hydroxyl groups is 1. The van der Waals surface area contributed by atoms with Crippen molar-refractivity contribution in [2.45, 2.75) is 13.0 Å². The molecule has 0 radical (unpaired) electrons. The van der Waals surface area contributed by atoms with Crippen molar-refractivity contribution in [3.8, 4) is 5.75 Å². The Balaban J connectivity index is 1.68. The fraction of sp³-hybridized carbons (Fsp3) is 0.0769. The lowest BCUT2D eigenvalue weighted by Gasteiger charge is -2.27. The number of aryl methyl sites for hydroxylation is 1. The largest absolute Gasteiger partial charge is 0.506 e. The summed E-state index contributed by atoms with van der Waals surface area (Å²) in [6, 6.07) is 19.1. The number of amides is 1. The number of halogens is 1. The van der Waals surface area contributed by atoms with Gasteiger partial charge >= 0.3 is 0 Å². The van der Waals surface area contributed by atoms with Crippen LogP contribution in [0.1, 0.15) is 27.7 Å². The van der Waals surface area contributed by atoms with Gasteiger partial charge in [-0.05, 0) is 48.9 Å². The van der Waals surface area contributed by atoms with Gasteiger partial charge in [0, 0.05) is 10.4 Å². The minimum atomic E-state index is -0.963. The SMILES string of the molecule is Cc1cccc(C2C(C(=O)c3cc4cc(Cl)ccc4o3)=C(O)C(=O)N2c2ccccc2O)c1. The topological polar surface area (TPSA) is 91.0 Å². The van der Waals surface area contributed by atoms with Crippen LogP contribution in [0.25, 0.3) is 11.0 Å². The first kappa shape index (κ1) is 20.8. The third kappa shape index (κ3) is 3.45. The first-order valence-corrected chi connectivity index (χ1v) is 10.6. The first-order valence-electron chi connectivity index (χ1n) is 10.2. The van der Waals surface area contributed by atoms with Crippen LogP contribution in [0.5, 0.6) is 5.75 Å². The van der Waals surface area contributed by atoms with Crippen molar-refractivity contribution in [3.63, 3.8) is 0 Å². The predicted molar refractivity (Wildman–Crippen MR) is 125 cm³/mol. The molecule has 1 unspecified atom stereocenters. The van der Waals surface area contributed by atoms with Crippen molar-refractivity contribution in [1.29, 1.82) is 0 Å². The zero-order chi connectivity index (χ0) is 23.3. The molecule has 0 spiro atoms. The summed E-state index contributed by atoms with van der Waals surface area (Å²) < 4.78 is 5.72. The summed E-state index contributed by atoms with van der Waals surface area (Å²) in [5.74, 6) is -2.28. The first-order chi connectivity index (χ1) is 15.8. The molecule has 0 aliphatic carbocycles. The van der Waals surface area contributed by atoms with Crippen molar-refractivity contribution in [2.75, 3.05) is 4.90 Å². The molecule has 1 aromatic heterocycles. The molecule has 4 aromatic rings. The standard InChI is InChI=1S/C26H18ClNO5/c1-14-5-4-6-15(11-14)23-22(24(30)21-13-16-12-17(27)9-10-20(16)33-21)25(31)26(32)28(23)18-7-2-3-8-19(18)29/h2-13,23,29,31H,1H3. The quantitative estimate of drug-likeness (QED) is 0.372. The fourth-order valence-electron chi connectivity index (χ4n) is 4.17. The number of nitrogens with zero attached hydrogens (tertiary/aromatic N) is 1. The number of hydrogen-bond acceptors (Lipinski definition) is 5. The molecular formula is C26H18ClNO5. The van der Waals surface area contributed by atoms with Crippen molar-refractivity contribution < 1.29 is 24.2 Å². The van der Waals surface area contributed by atoms with Crippen LogP contribution in [0.4, 0.5) is 5.69 Å². The summed E-state index contributed by atoms with van der Waals surface area (Å²) in [4.78, 5) is 28.0. The Hall–Kier alpha value is -4.03. The number of ketones is 1. The van der Waals surface area contributed by atoms with Gasteiger partial charge in [0.05, 0.1) is 17.3 Å². The van der Waals surface area contributed by atoms with Gasteiger partial charge in [-0.15, -0.1) is 0 Å². The van der Waals surface area contributed by atoms with Crippen molar-refractivity contribution in [3.05, 3.63) is 106 Å². The second-order valence-corrected chi connectivity index (χ2v) is 8.30. The highest BCUT2D eigenvalue weighted by atomic mass is 35.5. The smallest absolute Gasteiger partial charge is 0.294 e. The normalized spacial score (nSPS) is 16.1. The highest BCUT2D eigenvalue weighted by molar-refractivity contribution is 6.31. The number of phenols is 1. The minimum Gasteiger partial charge on any atom is -0.506 e. The van der Waals surface area contributed by atoms with Crippen LogP contribution < -0.4 is 4.90 Å². The lowest BCUT2D eigenvalue weighted by atomic mass is 9.93. The molecule has 33 heavy (non-hydrogen) atoms. The minimum absolute atomic E-state index is 0.0293. The zero-order valence-electron chi connectivity index (χ0n) is 17.4. The molecule has 0 fully saturated rings. The van der Waals surface area contributed by atoms with Crippen molar-refractivity contribution in [2.24, 2.45) is 0 Å². The maximum Gasteiger partial charge on any atom is 0.294 e. The van der Waals surface area contributed by atoms with E-state index in [9.17, 15) is 19.8 Å². The van der Waals surface area contributed by atoms with Gasteiger partial charge in [0.15, 0.2) is 11.5 Å². The van der Waals surface area contributed by atoms with E-state index in [-0.39, 0.29) is 22.8 Å². The number of aliphatic hydroxyl groups excluding tert-OH is 1. The summed E-state index contributed by atoms with van der Waals surface area (Å²) in [5, 5.41) is 22.4. The van der Waals surface area contributed by atoms with Crippen molar-refractivity contribution >= 4 is 39.9 Å². The Morgan fingerprint density at radius 1 is 1.00 bits per heavy atom. The number of phenolic OH excluding ortho intramolecular Hbond substituents is 1. The van der Waals surface area contributed by atoms with Crippen LogP contribution in [0.3, 0.4) is 0 Å². The summed E-state index contributed by atoms with van der Waals surface area (Å²) in [6.07, 6.45) is 0. The summed E-state index contributed by atoms with van der Waals surface area (Å²) in [7, 11) is 0. The number of carbonyl (C=O) groups excluding carboxylic acids is 2. The van der Waals surface area contributed by atoms with Crippen LogP contribution >= 0.6 is 11.6 Å². The van der Waals surface area contributed by atoms with Crippen molar-refractivity contribution in [1.82, 2.24) is 0 Å². The summed E-state index contributed by atoms with van der Waals surface area (Å²) in [5.41, 5.74) is 2.03. The third-order valence-corrected chi connectivity index (χ3v) is 5.89. The third-order valence-electron chi connectivity index (χ3n) is 5.65. The van der Waals surface area contributed by atoms with Gasteiger partial charge < -0.3 is 14.6 Å². The van der Waals surface area contributed by atoms with Crippen LogP contribution in [-0.4, -0.2) is 21.9 Å². The molecule has 5 rings (SSSR count). The van der Waals surface area contributed by atoms with Crippen LogP contribution in [-0.2, 0) is 4.79 Å². The molecular weight excluding hydrogens is 442 g/mol. The lowest BCUT2D eigenvalue weighted by molar-refractivity contribution is -0.117. The van der Waals surface area contributed by atoms with Gasteiger partial charge in [-0.1, -0.05) is 53.6 Å². The number of carbonyl (C=O) groups is 2.